The Morgan fingerprint density at radius 1 is 1.25 bits per heavy atom. The summed E-state index contributed by atoms with van der Waals surface area (Å²) in [5.74, 6) is -0.458. The fraction of sp³-hybridized carbons (Fsp3) is 0. The highest BCUT2D eigenvalue weighted by molar-refractivity contribution is 6.06. The molecule has 0 unspecified atom stereocenters. The summed E-state index contributed by atoms with van der Waals surface area (Å²) in [4.78, 5) is 18.4. The molecule has 0 atom stereocenters. The van der Waals surface area contributed by atoms with E-state index in [9.17, 15) is 4.79 Å². The van der Waals surface area contributed by atoms with Crippen LogP contribution in [-0.2, 0) is 0 Å². The van der Waals surface area contributed by atoms with E-state index >= 15 is 0 Å². The van der Waals surface area contributed by atoms with E-state index in [4.69, 9.17) is 5.73 Å². The monoisotopic (exact) mass is 211 g/mol. The summed E-state index contributed by atoms with van der Waals surface area (Å²) < 4.78 is 0. The number of aromatic amines is 1. The lowest BCUT2D eigenvalue weighted by Gasteiger charge is -1.97. The second-order valence-corrected chi connectivity index (χ2v) is 3.65. The van der Waals surface area contributed by atoms with Gasteiger partial charge in [-0.3, -0.25) is 9.78 Å². The van der Waals surface area contributed by atoms with Crippen LogP contribution in [0.3, 0.4) is 0 Å². The lowest BCUT2D eigenvalue weighted by molar-refractivity contribution is 0.0996. The Bertz CT molecular complexity index is 700. The molecule has 0 fully saturated rings. The van der Waals surface area contributed by atoms with Crippen LogP contribution in [0.1, 0.15) is 10.5 Å². The molecule has 0 aliphatic heterocycles. The van der Waals surface area contributed by atoms with Gasteiger partial charge in [0.05, 0.1) is 11.0 Å². The number of carbonyl (C=O) groups is 1. The Morgan fingerprint density at radius 2 is 2.06 bits per heavy atom. The van der Waals surface area contributed by atoms with E-state index in [-0.39, 0.29) is 0 Å². The average molecular weight is 211 g/mol. The Balaban J connectivity index is 2.46. The smallest absolute Gasteiger partial charge is 0.265 e. The number of hydrogen-bond donors (Lipinski definition) is 2. The van der Waals surface area contributed by atoms with E-state index in [1.54, 1.807) is 12.3 Å². The molecule has 78 valence electrons. The molecule has 0 aliphatic rings. The van der Waals surface area contributed by atoms with Gasteiger partial charge >= 0.3 is 0 Å². The Morgan fingerprint density at radius 3 is 2.88 bits per heavy atom. The first-order valence-corrected chi connectivity index (χ1v) is 4.92. The zero-order valence-electron chi connectivity index (χ0n) is 8.40. The van der Waals surface area contributed by atoms with Crippen molar-refractivity contribution in [2.24, 2.45) is 5.73 Å². The maximum absolute atomic E-state index is 11.1. The SMILES string of the molecule is NC(=O)c1cc2ccc3cccnc3c2[nH]1. The summed E-state index contributed by atoms with van der Waals surface area (Å²) in [6.07, 6.45) is 1.73. The summed E-state index contributed by atoms with van der Waals surface area (Å²) in [5, 5.41) is 1.98. The molecule has 0 radical (unpaired) electrons. The molecule has 16 heavy (non-hydrogen) atoms. The van der Waals surface area contributed by atoms with Gasteiger partial charge in [-0.25, -0.2) is 0 Å². The number of primary amides is 1. The number of aromatic nitrogens is 2. The summed E-state index contributed by atoms with van der Waals surface area (Å²) in [5.41, 5.74) is 7.35. The number of hydrogen-bond acceptors (Lipinski definition) is 2. The molecular weight excluding hydrogens is 202 g/mol. The molecule has 0 spiro atoms. The maximum atomic E-state index is 11.1. The van der Waals surface area contributed by atoms with Gasteiger partial charge in [0.25, 0.3) is 5.91 Å². The van der Waals surface area contributed by atoms with Gasteiger partial charge in [0, 0.05) is 17.0 Å². The highest BCUT2D eigenvalue weighted by atomic mass is 16.1. The van der Waals surface area contributed by atoms with Gasteiger partial charge in [-0.1, -0.05) is 18.2 Å². The second kappa shape index (κ2) is 3.06. The van der Waals surface area contributed by atoms with Crippen molar-refractivity contribution in [3.8, 4) is 0 Å². The van der Waals surface area contributed by atoms with Gasteiger partial charge in [-0.05, 0) is 12.1 Å². The van der Waals surface area contributed by atoms with Crippen molar-refractivity contribution in [1.29, 1.82) is 0 Å². The van der Waals surface area contributed by atoms with Crippen molar-refractivity contribution in [1.82, 2.24) is 9.97 Å². The van der Waals surface area contributed by atoms with Gasteiger partial charge in [-0.15, -0.1) is 0 Å². The van der Waals surface area contributed by atoms with E-state index < -0.39 is 5.91 Å². The molecule has 3 aromatic rings. The van der Waals surface area contributed by atoms with Crippen molar-refractivity contribution in [3.05, 3.63) is 42.2 Å². The third-order valence-electron chi connectivity index (χ3n) is 2.63. The molecule has 0 saturated carbocycles. The molecule has 0 bridgehead atoms. The van der Waals surface area contributed by atoms with Crippen LogP contribution in [0.5, 0.6) is 0 Å². The molecule has 1 aromatic carbocycles. The van der Waals surface area contributed by atoms with Gasteiger partial charge in [0.15, 0.2) is 0 Å². The summed E-state index contributed by atoms with van der Waals surface area (Å²) >= 11 is 0. The number of carbonyl (C=O) groups excluding carboxylic acids is 1. The number of nitrogens with two attached hydrogens (primary N) is 1. The molecule has 4 heteroatoms. The second-order valence-electron chi connectivity index (χ2n) is 3.65. The normalized spacial score (nSPS) is 11.0. The Labute approximate surface area is 91.1 Å². The Kier molecular flexibility index (Phi) is 1.71. The van der Waals surface area contributed by atoms with E-state index in [1.807, 2.05) is 24.3 Å². The average Bonchev–Trinajstić information content (AvgIpc) is 2.73. The van der Waals surface area contributed by atoms with Crippen LogP contribution in [0, 0.1) is 0 Å². The molecular formula is C12H9N3O. The van der Waals surface area contributed by atoms with Crippen LogP contribution in [-0.4, -0.2) is 15.9 Å². The first kappa shape index (κ1) is 8.91. The molecule has 1 amide bonds. The van der Waals surface area contributed by atoms with Crippen molar-refractivity contribution in [2.75, 3.05) is 0 Å². The number of fused-ring (bicyclic) bond motifs is 3. The molecule has 3 rings (SSSR count). The molecule has 2 heterocycles. The minimum atomic E-state index is -0.458. The van der Waals surface area contributed by atoms with Crippen LogP contribution in [0.15, 0.2) is 36.5 Å². The number of benzene rings is 1. The van der Waals surface area contributed by atoms with Crippen LogP contribution in [0.25, 0.3) is 21.8 Å². The van der Waals surface area contributed by atoms with Gasteiger partial charge < -0.3 is 10.7 Å². The van der Waals surface area contributed by atoms with E-state index in [1.165, 1.54) is 0 Å². The maximum Gasteiger partial charge on any atom is 0.265 e. The van der Waals surface area contributed by atoms with Crippen LogP contribution in [0.2, 0.25) is 0 Å². The first-order chi connectivity index (χ1) is 7.75. The van der Waals surface area contributed by atoms with Gasteiger partial charge in [0.1, 0.15) is 5.69 Å². The number of pyridine rings is 1. The lowest BCUT2D eigenvalue weighted by atomic mass is 10.1. The predicted octanol–water partition coefficient (Wildman–Crippen LogP) is 1.81. The number of nitrogens with one attached hydrogen (secondary N) is 1. The molecule has 2 aromatic heterocycles. The molecule has 3 N–H and O–H groups in total. The molecule has 4 nitrogen and oxygen atoms in total. The quantitative estimate of drug-likeness (QED) is 0.644. The summed E-state index contributed by atoms with van der Waals surface area (Å²) in [6.45, 7) is 0. The van der Waals surface area contributed by atoms with Gasteiger partial charge in [0.2, 0.25) is 0 Å². The standard InChI is InChI=1S/C12H9N3O/c13-12(16)9-6-8-4-3-7-2-1-5-14-10(7)11(8)15-9/h1-6,15H,(H2,13,16). The van der Waals surface area contributed by atoms with Crippen LogP contribution < -0.4 is 5.73 Å². The highest BCUT2D eigenvalue weighted by Crippen LogP contribution is 2.23. The summed E-state index contributed by atoms with van der Waals surface area (Å²) in [7, 11) is 0. The number of amides is 1. The highest BCUT2D eigenvalue weighted by Gasteiger charge is 2.08. The zero-order chi connectivity index (χ0) is 11.1. The fourth-order valence-electron chi connectivity index (χ4n) is 1.87. The predicted molar refractivity (Wildman–Crippen MR) is 62.1 cm³/mol. The third-order valence-corrected chi connectivity index (χ3v) is 2.63. The van der Waals surface area contributed by atoms with Crippen molar-refractivity contribution < 1.29 is 4.79 Å². The topological polar surface area (TPSA) is 71.8 Å². The van der Waals surface area contributed by atoms with E-state index in [0.717, 1.165) is 21.8 Å². The molecule has 0 aliphatic carbocycles. The van der Waals surface area contributed by atoms with Crippen LogP contribution in [0.4, 0.5) is 0 Å². The number of H-pyrrole nitrogens is 1. The first-order valence-electron chi connectivity index (χ1n) is 4.92. The number of nitrogens with zero attached hydrogens (tertiary/aromatic N) is 1. The Hall–Kier alpha value is -2.36. The van der Waals surface area contributed by atoms with Crippen LogP contribution >= 0.6 is 0 Å². The van der Waals surface area contributed by atoms with Gasteiger partial charge in [-0.2, -0.15) is 0 Å². The minimum Gasteiger partial charge on any atom is -0.364 e. The minimum absolute atomic E-state index is 0.410. The fourth-order valence-corrected chi connectivity index (χ4v) is 1.87. The largest absolute Gasteiger partial charge is 0.364 e. The summed E-state index contributed by atoms with van der Waals surface area (Å²) in [6, 6.07) is 9.52. The van der Waals surface area contributed by atoms with E-state index in [0.29, 0.717) is 5.69 Å². The number of rotatable bonds is 1. The van der Waals surface area contributed by atoms with Crippen molar-refractivity contribution in [2.45, 2.75) is 0 Å². The lowest BCUT2D eigenvalue weighted by Crippen LogP contribution is -2.10. The zero-order valence-corrected chi connectivity index (χ0v) is 8.40. The van der Waals surface area contributed by atoms with Crippen molar-refractivity contribution in [3.63, 3.8) is 0 Å². The molecule has 0 saturated heterocycles. The van der Waals surface area contributed by atoms with E-state index in [2.05, 4.69) is 9.97 Å². The third kappa shape index (κ3) is 1.16. The van der Waals surface area contributed by atoms with Crippen molar-refractivity contribution >= 4 is 27.7 Å².